The predicted molar refractivity (Wildman–Crippen MR) is 87.0 cm³/mol. The summed E-state index contributed by atoms with van der Waals surface area (Å²) in [6.07, 6.45) is 6.67. The zero-order chi connectivity index (χ0) is 14.1. The van der Waals surface area contributed by atoms with Crippen LogP contribution in [0.5, 0.6) is 0 Å². The molecule has 1 aliphatic carbocycles. The first-order valence-corrected chi connectivity index (χ1v) is 7.18. The molecule has 2 aromatic carbocycles. The average Bonchev–Trinajstić information content (AvgIpc) is 2.99. The van der Waals surface area contributed by atoms with Gasteiger partial charge in [0.05, 0.1) is 11.7 Å². The highest BCUT2D eigenvalue weighted by molar-refractivity contribution is 5.84. The lowest BCUT2D eigenvalue weighted by molar-refractivity contribution is 0.656. The Morgan fingerprint density at radius 2 is 1.43 bits per heavy atom. The molecule has 2 N–H and O–H groups in total. The van der Waals surface area contributed by atoms with Crippen LogP contribution in [0.15, 0.2) is 84.5 Å². The van der Waals surface area contributed by atoms with Crippen LogP contribution < -0.4 is 10.9 Å². The van der Waals surface area contributed by atoms with Crippen LogP contribution in [0.25, 0.3) is 11.3 Å². The van der Waals surface area contributed by atoms with E-state index in [-0.39, 0.29) is 6.04 Å². The molecule has 0 fully saturated rings. The summed E-state index contributed by atoms with van der Waals surface area (Å²) in [7, 11) is 0. The molecule has 21 heavy (non-hydrogen) atoms. The topological polar surface area (TPSA) is 24.1 Å². The van der Waals surface area contributed by atoms with E-state index in [1.165, 1.54) is 28.0 Å². The molecule has 2 aliphatic rings. The first-order chi connectivity index (χ1) is 10.4. The van der Waals surface area contributed by atoms with E-state index in [4.69, 9.17) is 0 Å². The SMILES string of the molecule is C1=CC2NNC(c3ccccc3)=C2C=C1c1ccccc1. The minimum Gasteiger partial charge on any atom is -0.320 e. The Morgan fingerprint density at radius 3 is 2.14 bits per heavy atom. The van der Waals surface area contributed by atoms with Crippen molar-refractivity contribution in [3.05, 3.63) is 95.6 Å². The molecule has 1 unspecified atom stereocenters. The first kappa shape index (κ1) is 12.2. The van der Waals surface area contributed by atoms with Crippen molar-refractivity contribution < 1.29 is 0 Å². The van der Waals surface area contributed by atoms with Gasteiger partial charge in [-0.2, -0.15) is 0 Å². The number of hydrogen-bond acceptors (Lipinski definition) is 2. The molecule has 0 amide bonds. The fourth-order valence-electron chi connectivity index (χ4n) is 2.84. The van der Waals surface area contributed by atoms with Crippen LogP contribution in [-0.2, 0) is 0 Å². The molecular formula is C19H16N2. The number of nitrogens with one attached hydrogen (secondary N) is 2. The van der Waals surface area contributed by atoms with E-state index >= 15 is 0 Å². The molecule has 102 valence electrons. The van der Waals surface area contributed by atoms with E-state index in [1.807, 2.05) is 12.1 Å². The summed E-state index contributed by atoms with van der Waals surface area (Å²) >= 11 is 0. The third-order valence-electron chi connectivity index (χ3n) is 3.93. The molecule has 2 heteroatoms. The maximum absolute atomic E-state index is 3.32. The fourth-order valence-corrected chi connectivity index (χ4v) is 2.84. The molecule has 1 aliphatic heterocycles. The van der Waals surface area contributed by atoms with Gasteiger partial charge in [0.2, 0.25) is 0 Å². The van der Waals surface area contributed by atoms with E-state index in [0.29, 0.717) is 0 Å². The number of fused-ring (bicyclic) bond motifs is 1. The molecule has 4 rings (SSSR count). The average molecular weight is 272 g/mol. The van der Waals surface area contributed by atoms with Gasteiger partial charge in [-0.05, 0) is 22.8 Å². The zero-order valence-corrected chi connectivity index (χ0v) is 11.6. The van der Waals surface area contributed by atoms with Gasteiger partial charge in [0.15, 0.2) is 0 Å². The van der Waals surface area contributed by atoms with Crippen LogP contribution in [0.1, 0.15) is 11.1 Å². The molecular weight excluding hydrogens is 256 g/mol. The molecule has 1 heterocycles. The van der Waals surface area contributed by atoms with Crippen molar-refractivity contribution in [2.24, 2.45) is 0 Å². The van der Waals surface area contributed by atoms with E-state index in [2.05, 4.69) is 77.6 Å². The molecule has 0 bridgehead atoms. The van der Waals surface area contributed by atoms with Crippen LogP contribution in [-0.4, -0.2) is 6.04 Å². The predicted octanol–water partition coefficient (Wildman–Crippen LogP) is 3.53. The van der Waals surface area contributed by atoms with Crippen molar-refractivity contribution in [3.63, 3.8) is 0 Å². The van der Waals surface area contributed by atoms with Crippen LogP contribution in [0, 0.1) is 0 Å². The number of benzene rings is 2. The van der Waals surface area contributed by atoms with Crippen molar-refractivity contribution in [1.82, 2.24) is 10.9 Å². The lowest BCUT2D eigenvalue weighted by Crippen LogP contribution is -2.31. The number of hydrogen-bond donors (Lipinski definition) is 2. The van der Waals surface area contributed by atoms with Gasteiger partial charge >= 0.3 is 0 Å². The van der Waals surface area contributed by atoms with Gasteiger partial charge in [-0.25, -0.2) is 5.43 Å². The second-order valence-corrected chi connectivity index (χ2v) is 5.27. The summed E-state index contributed by atoms with van der Waals surface area (Å²) in [5.74, 6) is 0. The van der Waals surface area contributed by atoms with Gasteiger partial charge in [0.1, 0.15) is 0 Å². The van der Waals surface area contributed by atoms with Crippen molar-refractivity contribution in [1.29, 1.82) is 0 Å². The third-order valence-corrected chi connectivity index (χ3v) is 3.93. The summed E-state index contributed by atoms with van der Waals surface area (Å²) in [5, 5.41) is 0. The van der Waals surface area contributed by atoms with Crippen LogP contribution in [0.3, 0.4) is 0 Å². The monoisotopic (exact) mass is 272 g/mol. The Bertz CT molecular complexity index is 740. The third kappa shape index (κ3) is 2.20. The summed E-state index contributed by atoms with van der Waals surface area (Å²) in [4.78, 5) is 0. The molecule has 0 aromatic heterocycles. The first-order valence-electron chi connectivity index (χ1n) is 7.18. The molecule has 0 saturated heterocycles. The zero-order valence-electron chi connectivity index (χ0n) is 11.6. The van der Waals surface area contributed by atoms with Crippen LogP contribution in [0.4, 0.5) is 0 Å². The molecule has 0 radical (unpaired) electrons. The maximum atomic E-state index is 3.32. The smallest absolute Gasteiger partial charge is 0.0715 e. The number of hydrazine groups is 1. The molecule has 0 spiro atoms. The Balaban J connectivity index is 1.80. The van der Waals surface area contributed by atoms with Gasteiger partial charge in [-0.3, -0.25) is 0 Å². The quantitative estimate of drug-likeness (QED) is 0.874. The normalized spacial score (nSPS) is 20.0. The lowest BCUT2D eigenvalue weighted by Gasteiger charge is -2.14. The highest BCUT2D eigenvalue weighted by Crippen LogP contribution is 2.31. The molecule has 1 atom stereocenters. The summed E-state index contributed by atoms with van der Waals surface area (Å²) in [6.45, 7) is 0. The number of allylic oxidation sites excluding steroid dienone is 2. The van der Waals surface area contributed by atoms with E-state index in [1.54, 1.807) is 0 Å². The van der Waals surface area contributed by atoms with Gasteiger partial charge < -0.3 is 5.43 Å². The van der Waals surface area contributed by atoms with E-state index in [9.17, 15) is 0 Å². The van der Waals surface area contributed by atoms with Gasteiger partial charge in [0.25, 0.3) is 0 Å². The highest BCUT2D eigenvalue weighted by atomic mass is 15.4. The minimum atomic E-state index is 0.243. The van der Waals surface area contributed by atoms with Gasteiger partial charge in [0, 0.05) is 5.57 Å². The maximum Gasteiger partial charge on any atom is 0.0715 e. The van der Waals surface area contributed by atoms with Crippen molar-refractivity contribution in [2.75, 3.05) is 0 Å². The Kier molecular flexibility index (Phi) is 2.94. The summed E-state index contributed by atoms with van der Waals surface area (Å²) in [6, 6.07) is 21.2. The van der Waals surface area contributed by atoms with E-state index < -0.39 is 0 Å². The van der Waals surface area contributed by atoms with Crippen LogP contribution in [0.2, 0.25) is 0 Å². The molecule has 0 saturated carbocycles. The van der Waals surface area contributed by atoms with Crippen molar-refractivity contribution in [2.45, 2.75) is 6.04 Å². The van der Waals surface area contributed by atoms with Crippen LogP contribution >= 0.6 is 0 Å². The molecule has 2 nitrogen and oxygen atoms in total. The second-order valence-electron chi connectivity index (χ2n) is 5.27. The van der Waals surface area contributed by atoms with Gasteiger partial charge in [-0.1, -0.05) is 72.8 Å². The fraction of sp³-hybridized carbons (Fsp3) is 0.0526. The molecule has 2 aromatic rings. The Labute approximate surface area is 124 Å². The second kappa shape index (κ2) is 5.08. The lowest BCUT2D eigenvalue weighted by atomic mass is 9.92. The van der Waals surface area contributed by atoms with Gasteiger partial charge in [-0.15, -0.1) is 0 Å². The standard InChI is InChI=1S/C19H16N2/c1-3-7-14(8-4-1)16-11-12-18-17(13-16)19(21-20-18)15-9-5-2-6-10-15/h1-13,18,20-21H. The Hall–Kier alpha value is -2.58. The minimum absolute atomic E-state index is 0.243. The summed E-state index contributed by atoms with van der Waals surface area (Å²) < 4.78 is 0. The van der Waals surface area contributed by atoms with E-state index in [0.717, 1.165) is 0 Å². The van der Waals surface area contributed by atoms with Crippen molar-refractivity contribution >= 4 is 11.3 Å². The number of rotatable bonds is 2. The Morgan fingerprint density at radius 1 is 0.762 bits per heavy atom. The largest absolute Gasteiger partial charge is 0.320 e. The summed E-state index contributed by atoms with van der Waals surface area (Å²) in [5.41, 5.74) is 12.8. The van der Waals surface area contributed by atoms with Crippen molar-refractivity contribution in [3.8, 4) is 0 Å². The highest BCUT2D eigenvalue weighted by Gasteiger charge is 2.24.